The Bertz CT molecular complexity index is 937. The van der Waals surface area contributed by atoms with Gasteiger partial charge in [-0.3, -0.25) is 4.79 Å². The second kappa shape index (κ2) is 7.24. The second-order valence-corrected chi connectivity index (χ2v) is 6.39. The van der Waals surface area contributed by atoms with Gasteiger partial charge in [0.05, 0.1) is 6.54 Å². The Labute approximate surface area is 150 Å². The fourth-order valence-electron chi connectivity index (χ4n) is 2.62. The van der Waals surface area contributed by atoms with Gasteiger partial charge in [0, 0.05) is 27.2 Å². The highest BCUT2D eigenvalue weighted by Crippen LogP contribution is 2.21. The molecule has 0 aliphatic carbocycles. The second-order valence-electron chi connectivity index (χ2n) is 5.55. The first-order chi connectivity index (χ1) is 11.6. The molecule has 0 saturated carbocycles. The summed E-state index contributed by atoms with van der Waals surface area (Å²) >= 11 is 12.1. The van der Waals surface area contributed by atoms with Crippen LogP contribution in [0.4, 0.5) is 0 Å². The fourth-order valence-corrected chi connectivity index (χ4v) is 3.10. The van der Waals surface area contributed by atoms with Crippen molar-refractivity contribution in [2.75, 3.05) is 5.43 Å². The summed E-state index contributed by atoms with van der Waals surface area (Å²) in [4.78, 5) is 17.1. The lowest BCUT2D eigenvalue weighted by Crippen LogP contribution is -2.32. The smallest absolute Gasteiger partial charge is 0.274 e. The molecule has 0 unspecified atom stereocenters. The lowest BCUT2D eigenvalue weighted by atomic mass is 10.1. The van der Waals surface area contributed by atoms with Crippen LogP contribution in [0.1, 0.15) is 24.5 Å². The van der Waals surface area contributed by atoms with E-state index in [1.807, 2.05) is 24.3 Å². The first kappa shape index (κ1) is 16.8. The lowest BCUT2D eigenvalue weighted by Gasteiger charge is -2.14. The van der Waals surface area contributed by atoms with Gasteiger partial charge in [0.2, 0.25) is 0 Å². The van der Waals surface area contributed by atoms with Gasteiger partial charge in [-0.1, -0.05) is 42.6 Å². The zero-order valence-corrected chi connectivity index (χ0v) is 14.7. The zero-order chi connectivity index (χ0) is 17.1. The summed E-state index contributed by atoms with van der Waals surface area (Å²) in [5, 5.41) is 2.07. The van der Waals surface area contributed by atoms with Gasteiger partial charge in [-0.2, -0.15) is 0 Å². The van der Waals surface area contributed by atoms with Gasteiger partial charge in [0.1, 0.15) is 0 Å². The Balaban J connectivity index is 2.01. The standard InChI is InChI=1S/C18H17Cl2N3O/c1-2-4-13-9-12-5-3-8-21-17(12)23(18(13)24)22-11-14-6-7-15(19)10-16(14)20/h3,5-10,22H,2,4,11H2,1H3. The van der Waals surface area contributed by atoms with Crippen LogP contribution in [-0.4, -0.2) is 9.66 Å². The molecular formula is C18H17Cl2N3O. The van der Waals surface area contributed by atoms with Gasteiger partial charge in [0.15, 0.2) is 5.65 Å². The molecule has 0 radical (unpaired) electrons. The quantitative estimate of drug-likeness (QED) is 0.732. The highest BCUT2D eigenvalue weighted by atomic mass is 35.5. The van der Waals surface area contributed by atoms with E-state index in [0.717, 1.165) is 29.4 Å². The average molecular weight is 362 g/mol. The third-order valence-corrected chi connectivity index (χ3v) is 4.39. The van der Waals surface area contributed by atoms with E-state index in [4.69, 9.17) is 23.2 Å². The van der Waals surface area contributed by atoms with Crippen molar-refractivity contribution in [3.63, 3.8) is 0 Å². The summed E-state index contributed by atoms with van der Waals surface area (Å²) in [6.07, 6.45) is 3.31. The molecular weight excluding hydrogens is 345 g/mol. The minimum absolute atomic E-state index is 0.0758. The van der Waals surface area contributed by atoms with Crippen molar-refractivity contribution in [2.45, 2.75) is 26.3 Å². The molecule has 0 fully saturated rings. The number of aryl methyl sites for hydroxylation is 1. The number of aromatic nitrogens is 2. The largest absolute Gasteiger partial charge is 0.317 e. The van der Waals surface area contributed by atoms with Crippen LogP contribution in [0.3, 0.4) is 0 Å². The Kier molecular flexibility index (Phi) is 5.07. The molecule has 1 N–H and O–H groups in total. The van der Waals surface area contributed by atoms with E-state index in [2.05, 4.69) is 17.3 Å². The SMILES string of the molecule is CCCc1cc2cccnc2n(NCc2ccc(Cl)cc2Cl)c1=O. The molecule has 3 rings (SSSR count). The molecule has 1 aromatic carbocycles. The highest BCUT2D eigenvalue weighted by Gasteiger charge is 2.10. The monoisotopic (exact) mass is 361 g/mol. The maximum absolute atomic E-state index is 12.7. The Morgan fingerprint density at radius 1 is 1.17 bits per heavy atom. The van der Waals surface area contributed by atoms with Crippen molar-refractivity contribution in [3.05, 3.63) is 74.1 Å². The zero-order valence-electron chi connectivity index (χ0n) is 13.2. The molecule has 0 bridgehead atoms. The molecule has 2 heterocycles. The summed E-state index contributed by atoms with van der Waals surface area (Å²) in [5.74, 6) is 0. The molecule has 6 heteroatoms. The van der Waals surface area contributed by atoms with Gasteiger partial charge in [-0.25, -0.2) is 9.66 Å². The van der Waals surface area contributed by atoms with E-state index >= 15 is 0 Å². The first-order valence-electron chi connectivity index (χ1n) is 7.77. The van der Waals surface area contributed by atoms with Crippen LogP contribution >= 0.6 is 23.2 Å². The van der Waals surface area contributed by atoms with Crippen molar-refractivity contribution in [2.24, 2.45) is 0 Å². The van der Waals surface area contributed by atoms with Gasteiger partial charge in [-0.15, -0.1) is 0 Å². The molecule has 0 aliphatic rings. The highest BCUT2D eigenvalue weighted by molar-refractivity contribution is 6.35. The molecule has 2 aromatic heterocycles. The molecule has 0 saturated heterocycles. The number of nitrogens with zero attached hydrogens (tertiary/aromatic N) is 2. The maximum Gasteiger partial charge on any atom is 0.274 e. The van der Waals surface area contributed by atoms with Crippen LogP contribution in [0.2, 0.25) is 10.0 Å². The number of nitrogens with one attached hydrogen (secondary N) is 1. The van der Waals surface area contributed by atoms with E-state index in [9.17, 15) is 4.79 Å². The van der Waals surface area contributed by atoms with Crippen LogP contribution in [0.15, 0.2) is 47.4 Å². The average Bonchev–Trinajstić information content (AvgIpc) is 2.57. The maximum atomic E-state index is 12.7. The van der Waals surface area contributed by atoms with Crippen LogP contribution in [0.5, 0.6) is 0 Å². The number of pyridine rings is 2. The molecule has 0 aliphatic heterocycles. The molecule has 0 amide bonds. The number of fused-ring (bicyclic) bond motifs is 1. The van der Waals surface area contributed by atoms with Crippen LogP contribution < -0.4 is 11.0 Å². The number of hydrogen-bond donors (Lipinski definition) is 1. The first-order valence-corrected chi connectivity index (χ1v) is 8.53. The number of benzene rings is 1. The molecule has 3 aromatic rings. The summed E-state index contributed by atoms with van der Waals surface area (Å²) in [6.45, 7) is 2.45. The summed E-state index contributed by atoms with van der Waals surface area (Å²) in [5.41, 5.74) is 5.30. The molecule has 4 nitrogen and oxygen atoms in total. The third kappa shape index (κ3) is 3.40. The number of halogens is 2. The van der Waals surface area contributed by atoms with Gasteiger partial charge < -0.3 is 5.43 Å². The Morgan fingerprint density at radius 2 is 2.00 bits per heavy atom. The minimum atomic E-state index is -0.0758. The normalized spacial score (nSPS) is 11.0. The van der Waals surface area contributed by atoms with E-state index in [-0.39, 0.29) is 5.56 Å². The predicted molar refractivity (Wildman–Crippen MR) is 99.5 cm³/mol. The molecule has 0 spiro atoms. The number of hydrogen-bond acceptors (Lipinski definition) is 3. The lowest BCUT2D eigenvalue weighted by molar-refractivity contribution is 0.795. The topological polar surface area (TPSA) is 46.9 Å². The molecule has 0 atom stereocenters. The van der Waals surface area contributed by atoms with Crippen molar-refractivity contribution in [3.8, 4) is 0 Å². The van der Waals surface area contributed by atoms with E-state index in [1.54, 1.807) is 18.3 Å². The Morgan fingerprint density at radius 3 is 2.75 bits per heavy atom. The van der Waals surface area contributed by atoms with Crippen molar-refractivity contribution < 1.29 is 0 Å². The summed E-state index contributed by atoms with van der Waals surface area (Å²) in [6, 6.07) is 11.0. The van der Waals surface area contributed by atoms with Gasteiger partial charge in [-0.05, 0) is 42.3 Å². The van der Waals surface area contributed by atoms with E-state index < -0.39 is 0 Å². The van der Waals surface area contributed by atoms with Gasteiger partial charge in [0.25, 0.3) is 5.56 Å². The minimum Gasteiger partial charge on any atom is -0.317 e. The summed E-state index contributed by atoms with van der Waals surface area (Å²) in [7, 11) is 0. The summed E-state index contributed by atoms with van der Waals surface area (Å²) < 4.78 is 1.51. The predicted octanol–water partition coefficient (Wildman–Crippen LogP) is 4.40. The van der Waals surface area contributed by atoms with Gasteiger partial charge >= 0.3 is 0 Å². The third-order valence-electron chi connectivity index (χ3n) is 3.80. The van der Waals surface area contributed by atoms with Crippen LogP contribution in [-0.2, 0) is 13.0 Å². The molecule has 124 valence electrons. The number of rotatable bonds is 5. The van der Waals surface area contributed by atoms with E-state index in [1.165, 1.54) is 4.68 Å². The van der Waals surface area contributed by atoms with Crippen molar-refractivity contribution in [1.29, 1.82) is 0 Å². The van der Waals surface area contributed by atoms with Crippen LogP contribution in [0.25, 0.3) is 11.0 Å². The Hall–Kier alpha value is -2.04. The fraction of sp³-hybridized carbons (Fsp3) is 0.222. The van der Waals surface area contributed by atoms with E-state index in [0.29, 0.717) is 22.2 Å². The molecule has 24 heavy (non-hydrogen) atoms. The van der Waals surface area contributed by atoms with Crippen molar-refractivity contribution in [1.82, 2.24) is 9.66 Å². The van der Waals surface area contributed by atoms with Crippen LogP contribution in [0, 0.1) is 0 Å². The van der Waals surface area contributed by atoms with Crippen molar-refractivity contribution >= 4 is 34.2 Å².